The monoisotopic (exact) mass is 602 g/mol. The third kappa shape index (κ3) is 4.04. The Bertz CT molecular complexity index is 845. The SMILES string of the molecule is Cc1cc(Br)ccc1NC(=O)CCCCCN1C(=O)[C@H]2[C@@H]3C[C@H]([C@@H](Br)[C@H]3Br)[C@@H]2C1=O. The molecule has 1 heterocycles. The number of hydrogen-bond acceptors (Lipinski definition) is 3. The Morgan fingerprint density at radius 3 is 2.30 bits per heavy atom. The lowest BCUT2D eigenvalue weighted by molar-refractivity contribution is -0.140. The highest BCUT2D eigenvalue weighted by atomic mass is 79.9. The molecule has 6 atom stereocenters. The third-order valence-electron chi connectivity index (χ3n) is 6.83. The van der Waals surface area contributed by atoms with Crippen LogP contribution >= 0.6 is 47.8 Å². The molecule has 2 aliphatic carbocycles. The number of unbranched alkanes of at least 4 members (excludes halogenated alkanes) is 2. The molecule has 2 saturated carbocycles. The van der Waals surface area contributed by atoms with Gasteiger partial charge < -0.3 is 5.32 Å². The molecule has 0 radical (unpaired) electrons. The van der Waals surface area contributed by atoms with Crippen molar-refractivity contribution >= 4 is 71.2 Å². The summed E-state index contributed by atoms with van der Waals surface area (Å²) in [5, 5.41) is 2.95. The number of halogens is 3. The number of likely N-dealkylation sites (tertiary alicyclic amines) is 1. The number of aryl methyl sites for hydroxylation is 1. The predicted molar refractivity (Wildman–Crippen MR) is 127 cm³/mol. The standard InChI is InChI=1S/C22H25Br3N2O3/c1-11-9-12(23)6-7-15(11)26-16(28)5-3-2-4-8-27-21(29)17-13-10-14(18(17)22(27)30)20(25)19(13)24/h6-7,9,13-14,17-20H,2-5,8,10H2,1H3,(H,26,28)/t13-,14-,17-,18-,19-,20+/m0/s1. The Balaban J connectivity index is 1.21. The quantitative estimate of drug-likeness (QED) is 0.270. The maximum atomic E-state index is 12.9. The summed E-state index contributed by atoms with van der Waals surface area (Å²) in [4.78, 5) is 40.0. The first-order valence-electron chi connectivity index (χ1n) is 10.5. The van der Waals surface area contributed by atoms with Crippen molar-refractivity contribution in [1.82, 2.24) is 4.90 Å². The summed E-state index contributed by atoms with van der Waals surface area (Å²) >= 11 is 10.8. The van der Waals surface area contributed by atoms with E-state index < -0.39 is 0 Å². The molecule has 1 N–H and O–H groups in total. The number of hydrogen-bond donors (Lipinski definition) is 1. The molecule has 1 aromatic rings. The molecule has 3 amide bonds. The van der Waals surface area contributed by atoms with Crippen LogP contribution in [0.3, 0.4) is 0 Å². The first-order chi connectivity index (χ1) is 14.3. The van der Waals surface area contributed by atoms with Crippen molar-refractivity contribution < 1.29 is 14.4 Å². The predicted octanol–water partition coefficient (Wildman–Crippen LogP) is 5.03. The molecular formula is C22H25Br3N2O3. The van der Waals surface area contributed by atoms with E-state index in [1.165, 1.54) is 4.90 Å². The van der Waals surface area contributed by atoms with Crippen molar-refractivity contribution in [1.29, 1.82) is 0 Å². The topological polar surface area (TPSA) is 66.5 Å². The van der Waals surface area contributed by atoms with Crippen molar-refractivity contribution in [2.24, 2.45) is 23.7 Å². The van der Waals surface area contributed by atoms with Crippen LogP contribution in [0.15, 0.2) is 22.7 Å². The van der Waals surface area contributed by atoms with Crippen LogP contribution in [-0.2, 0) is 14.4 Å². The number of alkyl halides is 2. The van der Waals surface area contributed by atoms with Crippen molar-refractivity contribution in [2.75, 3.05) is 11.9 Å². The highest BCUT2D eigenvalue weighted by molar-refractivity contribution is 9.12. The lowest BCUT2D eigenvalue weighted by Gasteiger charge is -2.28. The van der Waals surface area contributed by atoms with Crippen molar-refractivity contribution in [3.8, 4) is 0 Å². The van der Waals surface area contributed by atoms with Gasteiger partial charge in [0, 0.05) is 32.8 Å². The molecule has 0 aromatic heterocycles. The van der Waals surface area contributed by atoms with Crippen LogP contribution in [0.1, 0.15) is 37.7 Å². The summed E-state index contributed by atoms with van der Waals surface area (Å²) in [6.45, 7) is 2.43. The Labute approximate surface area is 202 Å². The second-order valence-corrected chi connectivity index (χ2v) is 11.7. The number of carbonyl (C=O) groups excluding carboxylic acids is 3. The number of benzene rings is 1. The summed E-state index contributed by atoms with van der Waals surface area (Å²) in [5.41, 5.74) is 1.84. The van der Waals surface area contributed by atoms with Crippen LogP contribution in [-0.4, -0.2) is 38.8 Å². The van der Waals surface area contributed by atoms with E-state index in [1.54, 1.807) is 0 Å². The molecule has 30 heavy (non-hydrogen) atoms. The molecule has 1 aliphatic heterocycles. The van der Waals surface area contributed by atoms with Crippen LogP contribution in [0.2, 0.25) is 0 Å². The molecule has 1 aromatic carbocycles. The highest BCUT2D eigenvalue weighted by Gasteiger charge is 2.66. The minimum atomic E-state index is -0.138. The fraction of sp³-hybridized carbons (Fsp3) is 0.591. The Hall–Kier alpha value is -0.730. The zero-order valence-corrected chi connectivity index (χ0v) is 21.5. The lowest BCUT2D eigenvalue weighted by Crippen LogP contribution is -2.37. The minimum absolute atomic E-state index is 0.00780. The zero-order valence-electron chi connectivity index (χ0n) is 16.7. The summed E-state index contributed by atoms with van der Waals surface area (Å²) in [6.07, 6.45) is 3.69. The maximum Gasteiger partial charge on any atom is 0.233 e. The van der Waals surface area contributed by atoms with Crippen LogP contribution < -0.4 is 5.32 Å². The van der Waals surface area contributed by atoms with Gasteiger partial charge in [0.2, 0.25) is 17.7 Å². The van der Waals surface area contributed by atoms with Gasteiger partial charge in [-0.05, 0) is 61.8 Å². The molecule has 4 rings (SSSR count). The molecule has 5 nitrogen and oxygen atoms in total. The van der Waals surface area contributed by atoms with Crippen molar-refractivity contribution in [2.45, 2.75) is 48.7 Å². The fourth-order valence-corrected chi connectivity index (χ4v) is 7.69. The van der Waals surface area contributed by atoms with E-state index >= 15 is 0 Å². The van der Waals surface area contributed by atoms with E-state index in [9.17, 15) is 14.4 Å². The Morgan fingerprint density at radius 1 is 1.07 bits per heavy atom. The van der Waals surface area contributed by atoms with Crippen LogP contribution in [0, 0.1) is 30.6 Å². The molecule has 3 aliphatic rings. The van der Waals surface area contributed by atoms with Crippen molar-refractivity contribution in [3.05, 3.63) is 28.2 Å². The molecular weight excluding hydrogens is 580 g/mol. The van der Waals surface area contributed by atoms with Gasteiger partial charge in [-0.3, -0.25) is 19.3 Å². The van der Waals surface area contributed by atoms with E-state index in [-0.39, 0.29) is 51.0 Å². The molecule has 3 fully saturated rings. The molecule has 1 saturated heterocycles. The van der Waals surface area contributed by atoms with Gasteiger partial charge in [-0.15, -0.1) is 0 Å². The average Bonchev–Trinajstić information content (AvgIpc) is 3.30. The summed E-state index contributed by atoms with van der Waals surface area (Å²) in [5.74, 6) is 0.274. The van der Waals surface area contributed by atoms with Gasteiger partial charge in [0.15, 0.2) is 0 Å². The van der Waals surface area contributed by atoms with E-state index in [0.29, 0.717) is 13.0 Å². The van der Waals surface area contributed by atoms with Gasteiger partial charge in [-0.1, -0.05) is 54.2 Å². The highest BCUT2D eigenvalue weighted by Crippen LogP contribution is 2.60. The largest absolute Gasteiger partial charge is 0.326 e. The van der Waals surface area contributed by atoms with E-state index in [0.717, 1.165) is 41.4 Å². The second kappa shape index (κ2) is 9.02. The van der Waals surface area contributed by atoms with Gasteiger partial charge in [0.25, 0.3) is 0 Å². The number of nitrogens with one attached hydrogen (secondary N) is 1. The van der Waals surface area contributed by atoms with E-state index in [1.807, 2.05) is 25.1 Å². The maximum absolute atomic E-state index is 12.9. The summed E-state index contributed by atoms with van der Waals surface area (Å²) < 4.78 is 0.986. The van der Waals surface area contributed by atoms with Gasteiger partial charge in [-0.25, -0.2) is 0 Å². The molecule has 2 bridgehead atoms. The van der Waals surface area contributed by atoms with Gasteiger partial charge in [-0.2, -0.15) is 0 Å². The molecule has 0 spiro atoms. The Morgan fingerprint density at radius 2 is 1.70 bits per heavy atom. The smallest absolute Gasteiger partial charge is 0.233 e. The number of anilines is 1. The zero-order chi connectivity index (χ0) is 21.6. The molecule has 8 heteroatoms. The minimum Gasteiger partial charge on any atom is -0.326 e. The average molecular weight is 605 g/mol. The Kier molecular flexibility index (Phi) is 6.76. The van der Waals surface area contributed by atoms with Crippen LogP contribution in [0.5, 0.6) is 0 Å². The number of amides is 3. The first kappa shape index (κ1) is 22.5. The number of nitrogens with zero attached hydrogens (tertiary/aromatic N) is 1. The van der Waals surface area contributed by atoms with Gasteiger partial charge in [0.1, 0.15) is 0 Å². The van der Waals surface area contributed by atoms with E-state index in [4.69, 9.17) is 0 Å². The number of imide groups is 1. The van der Waals surface area contributed by atoms with Gasteiger partial charge >= 0.3 is 0 Å². The fourth-order valence-electron chi connectivity index (χ4n) is 5.34. The lowest BCUT2D eigenvalue weighted by atomic mass is 9.81. The summed E-state index contributed by atoms with van der Waals surface area (Å²) in [6, 6.07) is 5.77. The first-order valence-corrected chi connectivity index (χ1v) is 13.1. The number of rotatable bonds is 7. The van der Waals surface area contributed by atoms with Crippen LogP contribution in [0.25, 0.3) is 0 Å². The van der Waals surface area contributed by atoms with E-state index in [2.05, 4.69) is 53.1 Å². The summed E-state index contributed by atoms with van der Waals surface area (Å²) in [7, 11) is 0. The molecule has 162 valence electrons. The normalized spacial score (nSPS) is 32.1. The number of fused-ring (bicyclic) bond motifs is 5. The third-order valence-corrected chi connectivity index (χ3v) is 10.5. The van der Waals surface area contributed by atoms with Gasteiger partial charge in [0.05, 0.1) is 11.8 Å². The molecule has 0 unspecified atom stereocenters. The number of carbonyl (C=O) groups is 3. The second-order valence-electron chi connectivity index (χ2n) is 8.65. The van der Waals surface area contributed by atoms with Crippen LogP contribution in [0.4, 0.5) is 5.69 Å². The van der Waals surface area contributed by atoms with Crippen molar-refractivity contribution in [3.63, 3.8) is 0 Å².